The van der Waals surface area contributed by atoms with E-state index in [0.717, 1.165) is 15.4 Å². The van der Waals surface area contributed by atoms with E-state index in [4.69, 9.17) is 23.2 Å². The predicted molar refractivity (Wildman–Crippen MR) is 77.7 cm³/mol. The maximum Gasteiger partial charge on any atom is 0.0762 e. The van der Waals surface area contributed by atoms with Crippen LogP contribution < -0.4 is 0 Å². The van der Waals surface area contributed by atoms with E-state index in [-0.39, 0.29) is 0 Å². The first kappa shape index (κ1) is 13.8. The lowest BCUT2D eigenvalue weighted by atomic mass is 10.1. The van der Waals surface area contributed by atoms with Gasteiger partial charge in [0.1, 0.15) is 0 Å². The summed E-state index contributed by atoms with van der Waals surface area (Å²) in [4.78, 5) is 1.98. The molecule has 18 heavy (non-hydrogen) atoms. The van der Waals surface area contributed by atoms with Gasteiger partial charge in [0.2, 0.25) is 0 Å². The molecule has 4 heteroatoms. The Bertz CT molecular complexity index is 555. The van der Waals surface area contributed by atoms with Crippen molar-refractivity contribution in [1.82, 2.24) is 0 Å². The van der Waals surface area contributed by atoms with Crippen molar-refractivity contribution in [3.05, 3.63) is 58.1 Å². The second-order valence-corrected chi connectivity index (χ2v) is 5.88. The Morgan fingerprint density at radius 2 is 1.89 bits per heavy atom. The van der Waals surface area contributed by atoms with Crippen LogP contribution in [0.2, 0.25) is 10.0 Å². The highest BCUT2D eigenvalue weighted by Gasteiger charge is 2.07. The summed E-state index contributed by atoms with van der Waals surface area (Å²) in [5.74, 6) is 0. The van der Waals surface area contributed by atoms with Crippen LogP contribution in [0.25, 0.3) is 0 Å². The van der Waals surface area contributed by atoms with Crippen LogP contribution in [0.1, 0.15) is 18.6 Å². The van der Waals surface area contributed by atoms with Crippen LogP contribution in [0.3, 0.4) is 0 Å². The van der Waals surface area contributed by atoms with Crippen molar-refractivity contribution in [2.45, 2.75) is 22.8 Å². The standard InChI is InChI=1S/C14H12Cl2OS/c1-9(17)10-5-6-14(13(16)7-10)18-12-4-2-3-11(15)8-12/h2-9,17H,1H3/t9-/m1/s1. The molecule has 2 rings (SSSR count). The molecule has 0 aliphatic rings. The van der Waals surface area contributed by atoms with Crippen LogP contribution in [0.5, 0.6) is 0 Å². The summed E-state index contributed by atoms with van der Waals surface area (Å²) in [6.45, 7) is 1.72. The van der Waals surface area contributed by atoms with Crippen molar-refractivity contribution < 1.29 is 5.11 Å². The van der Waals surface area contributed by atoms with Crippen molar-refractivity contribution in [3.8, 4) is 0 Å². The van der Waals surface area contributed by atoms with Gasteiger partial charge in [-0.25, -0.2) is 0 Å². The van der Waals surface area contributed by atoms with Gasteiger partial charge in [-0.1, -0.05) is 47.1 Å². The topological polar surface area (TPSA) is 20.2 Å². The Morgan fingerprint density at radius 3 is 2.50 bits per heavy atom. The number of benzene rings is 2. The van der Waals surface area contributed by atoms with E-state index in [2.05, 4.69) is 0 Å². The first-order chi connectivity index (χ1) is 8.56. The molecule has 1 N–H and O–H groups in total. The number of hydrogen-bond acceptors (Lipinski definition) is 2. The number of halogens is 2. The third-order valence-electron chi connectivity index (χ3n) is 2.46. The van der Waals surface area contributed by atoms with E-state index >= 15 is 0 Å². The molecule has 0 fully saturated rings. The summed E-state index contributed by atoms with van der Waals surface area (Å²) in [6.07, 6.45) is -0.507. The molecular formula is C14H12Cl2OS. The second-order valence-electron chi connectivity index (χ2n) is 3.93. The third kappa shape index (κ3) is 3.42. The van der Waals surface area contributed by atoms with Gasteiger partial charge < -0.3 is 5.11 Å². The van der Waals surface area contributed by atoms with E-state index in [9.17, 15) is 5.11 Å². The Balaban J connectivity index is 2.24. The summed E-state index contributed by atoms with van der Waals surface area (Å²) in [7, 11) is 0. The molecule has 0 amide bonds. The smallest absolute Gasteiger partial charge is 0.0762 e. The molecular weight excluding hydrogens is 287 g/mol. The van der Waals surface area contributed by atoms with Crippen LogP contribution >= 0.6 is 35.0 Å². The summed E-state index contributed by atoms with van der Waals surface area (Å²) in [5.41, 5.74) is 0.815. The fourth-order valence-corrected chi connectivity index (χ4v) is 2.96. The summed E-state index contributed by atoms with van der Waals surface area (Å²) >= 11 is 13.7. The maximum atomic E-state index is 9.48. The molecule has 94 valence electrons. The minimum absolute atomic E-state index is 0.507. The van der Waals surface area contributed by atoms with Crippen LogP contribution in [0.4, 0.5) is 0 Å². The van der Waals surface area contributed by atoms with Crippen molar-refractivity contribution in [2.75, 3.05) is 0 Å². The van der Waals surface area contributed by atoms with E-state index in [1.807, 2.05) is 36.4 Å². The van der Waals surface area contributed by atoms with Gasteiger partial charge in [0.05, 0.1) is 11.1 Å². The Kier molecular flexibility index (Phi) is 4.57. The van der Waals surface area contributed by atoms with Gasteiger partial charge in [-0.2, -0.15) is 0 Å². The molecule has 0 bridgehead atoms. The minimum atomic E-state index is -0.507. The van der Waals surface area contributed by atoms with Gasteiger partial charge in [0, 0.05) is 14.8 Å². The van der Waals surface area contributed by atoms with E-state index in [1.165, 1.54) is 0 Å². The van der Waals surface area contributed by atoms with E-state index in [1.54, 1.807) is 24.8 Å². The first-order valence-corrected chi connectivity index (χ1v) is 7.04. The van der Waals surface area contributed by atoms with Crippen LogP contribution in [-0.4, -0.2) is 5.11 Å². The molecule has 0 aliphatic heterocycles. The molecule has 0 spiro atoms. The number of rotatable bonds is 3. The second kappa shape index (κ2) is 5.98. The highest BCUT2D eigenvalue weighted by molar-refractivity contribution is 7.99. The van der Waals surface area contributed by atoms with Crippen molar-refractivity contribution in [2.24, 2.45) is 0 Å². The van der Waals surface area contributed by atoms with Crippen molar-refractivity contribution >= 4 is 35.0 Å². The van der Waals surface area contributed by atoms with Crippen LogP contribution in [0.15, 0.2) is 52.3 Å². The monoisotopic (exact) mass is 298 g/mol. The molecule has 0 unspecified atom stereocenters. The molecule has 0 heterocycles. The van der Waals surface area contributed by atoms with Crippen molar-refractivity contribution in [3.63, 3.8) is 0 Å². The lowest BCUT2D eigenvalue weighted by molar-refractivity contribution is 0.199. The number of hydrogen-bond donors (Lipinski definition) is 1. The molecule has 2 aromatic carbocycles. The molecule has 0 aliphatic carbocycles. The van der Waals surface area contributed by atoms with Gasteiger partial charge in [0.15, 0.2) is 0 Å². The quantitative estimate of drug-likeness (QED) is 0.840. The van der Waals surface area contributed by atoms with Gasteiger partial charge >= 0.3 is 0 Å². The average molecular weight is 299 g/mol. The lowest BCUT2D eigenvalue weighted by Crippen LogP contribution is -1.90. The predicted octanol–water partition coefficient (Wildman–Crippen LogP) is 5.20. The zero-order chi connectivity index (χ0) is 13.1. The number of aliphatic hydroxyl groups excluding tert-OH is 1. The van der Waals surface area contributed by atoms with Gasteiger partial charge in [-0.3, -0.25) is 0 Å². The van der Waals surface area contributed by atoms with Crippen LogP contribution in [-0.2, 0) is 0 Å². The van der Waals surface area contributed by atoms with Gasteiger partial charge in [-0.15, -0.1) is 0 Å². The first-order valence-electron chi connectivity index (χ1n) is 5.47. The fourth-order valence-electron chi connectivity index (χ4n) is 1.52. The normalized spacial score (nSPS) is 12.4. The molecule has 1 atom stereocenters. The summed E-state index contributed by atoms with van der Waals surface area (Å²) < 4.78 is 0. The molecule has 1 nitrogen and oxygen atoms in total. The van der Waals surface area contributed by atoms with E-state index in [0.29, 0.717) is 10.0 Å². The average Bonchev–Trinajstić information content (AvgIpc) is 2.31. The Morgan fingerprint density at radius 1 is 1.11 bits per heavy atom. The summed E-state index contributed by atoms with van der Waals surface area (Å²) in [5, 5.41) is 10.8. The zero-order valence-electron chi connectivity index (χ0n) is 9.73. The highest BCUT2D eigenvalue weighted by atomic mass is 35.5. The van der Waals surface area contributed by atoms with E-state index < -0.39 is 6.10 Å². The maximum absolute atomic E-state index is 9.48. The largest absolute Gasteiger partial charge is 0.389 e. The lowest BCUT2D eigenvalue weighted by Gasteiger charge is -2.09. The Hall–Kier alpha value is -0.670. The zero-order valence-corrected chi connectivity index (χ0v) is 12.1. The SMILES string of the molecule is C[C@@H](O)c1ccc(Sc2cccc(Cl)c2)c(Cl)c1. The molecule has 0 aromatic heterocycles. The van der Waals surface area contributed by atoms with Crippen molar-refractivity contribution in [1.29, 1.82) is 0 Å². The fraction of sp³-hybridized carbons (Fsp3) is 0.143. The Labute approximate surface area is 121 Å². The minimum Gasteiger partial charge on any atom is -0.389 e. The summed E-state index contributed by atoms with van der Waals surface area (Å²) in [6, 6.07) is 13.2. The van der Waals surface area contributed by atoms with Crippen LogP contribution in [0, 0.1) is 0 Å². The molecule has 0 radical (unpaired) electrons. The van der Waals surface area contributed by atoms with Gasteiger partial charge in [-0.05, 0) is 42.8 Å². The van der Waals surface area contributed by atoms with Gasteiger partial charge in [0.25, 0.3) is 0 Å². The molecule has 0 saturated heterocycles. The molecule has 2 aromatic rings. The highest BCUT2D eigenvalue weighted by Crippen LogP contribution is 2.35. The molecule has 0 saturated carbocycles. The number of aliphatic hydroxyl groups is 1. The third-order valence-corrected chi connectivity index (χ3v) is 4.19.